The normalized spacial score (nSPS) is 12.8. The van der Waals surface area contributed by atoms with Crippen LogP contribution in [0.4, 0.5) is 0 Å². The number of H-pyrrole nitrogens is 2. The Morgan fingerprint density at radius 1 is 0.408 bits per heavy atom. The molecule has 0 unspecified atom stereocenters. The molecular formula is C73H55N3. The Morgan fingerprint density at radius 2 is 0.947 bits per heavy atom. The minimum Gasteiger partial charge on any atom is -0.355 e. The van der Waals surface area contributed by atoms with Crippen molar-refractivity contribution in [2.45, 2.75) is 20.3 Å². The summed E-state index contributed by atoms with van der Waals surface area (Å²) in [6.07, 6.45) is 13.2. The number of nitrogens with zero attached hydrogens (tertiary/aromatic N) is 1. The largest absolute Gasteiger partial charge is 0.355 e. The molecule has 0 saturated carbocycles. The summed E-state index contributed by atoms with van der Waals surface area (Å²) in [6, 6.07) is 81.3. The van der Waals surface area contributed by atoms with E-state index in [0.717, 1.165) is 6.42 Å². The highest BCUT2D eigenvalue weighted by atomic mass is 15.0. The fraction of sp³-hybridized carbons (Fsp3) is 0.0411. The van der Waals surface area contributed by atoms with Crippen LogP contribution in [0.1, 0.15) is 17.5 Å². The van der Waals surface area contributed by atoms with E-state index in [-0.39, 0.29) is 0 Å². The Kier molecular flexibility index (Phi) is 11.9. The fourth-order valence-corrected chi connectivity index (χ4v) is 11.5. The monoisotopic (exact) mass is 973 g/mol. The smallest absolute Gasteiger partial charge is 0.0544 e. The minimum absolute atomic E-state index is 1.04. The van der Waals surface area contributed by atoms with E-state index in [2.05, 4.69) is 278 Å². The number of allylic oxidation sites excluding steroid dienone is 7. The summed E-state index contributed by atoms with van der Waals surface area (Å²) in [4.78, 5) is 7.20. The maximum Gasteiger partial charge on any atom is 0.0544 e. The van der Waals surface area contributed by atoms with E-state index in [9.17, 15) is 0 Å². The summed E-state index contributed by atoms with van der Waals surface area (Å²) < 4.78 is 2.39. The Hall–Kier alpha value is -9.70. The molecule has 0 spiro atoms. The van der Waals surface area contributed by atoms with Crippen molar-refractivity contribution < 1.29 is 0 Å². The van der Waals surface area contributed by atoms with Gasteiger partial charge in [-0.05, 0) is 147 Å². The minimum atomic E-state index is 1.04. The van der Waals surface area contributed by atoms with Crippen LogP contribution in [0.25, 0.3) is 126 Å². The van der Waals surface area contributed by atoms with Crippen LogP contribution in [0, 0.1) is 13.8 Å². The summed E-state index contributed by atoms with van der Waals surface area (Å²) in [5.74, 6) is 0. The maximum atomic E-state index is 3.69. The molecule has 3 heteroatoms. The molecule has 3 nitrogen and oxygen atoms in total. The van der Waals surface area contributed by atoms with Gasteiger partial charge in [0.25, 0.3) is 0 Å². The predicted molar refractivity (Wildman–Crippen MR) is 328 cm³/mol. The lowest BCUT2D eigenvalue weighted by molar-refractivity contribution is 1.18. The number of para-hydroxylation sites is 3. The second-order valence-electron chi connectivity index (χ2n) is 19.9. The Balaban J connectivity index is 0.000000137. The van der Waals surface area contributed by atoms with Gasteiger partial charge >= 0.3 is 0 Å². The third-order valence-electron chi connectivity index (χ3n) is 15.4. The number of aromatic amines is 2. The number of aryl methyl sites for hydroxylation is 2. The van der Waals surface area contributed by atoms with E-state index in [0.29, 0.717) is 0 Å². The summed E-state index contributed by atoms with van der Waals surface area (Å²) in [6.45, 7) is 8.04. The lowest BCUT2D eigenvalue weighted by Gasteiger charge is -2.12. The number of fused-ring (bicyclic) bond motifs is 12. The van der Waals surface area contributed by atoms with Gasteiger partial charge in [-0.2, -0.15) is 0 Å². The van der Waals surface area contributed by atoms with Crippen LogP contribution >= 0.6 is 0 Å². The van der Waals surface area contributed by atoms with Crippen molar-refractivity contribution >= 4 is 87.0 Å². The fourth-order valence-electron chi connectivity index (χ4n) is 11.5. The molecule has 0 atom stereocenters. The SMILES string of the molecule is C=C/C=C1/C=CC=CC1.Cc1cc(-c2ccc3[nH]c4ccccc4c3c2)c2ccccc2c1C.c1ccc(-c2ccc(-n3c4ccccc4c4cc(-c5cc6c7ccccc7[nH]c6c6ccccc56)ccc43)cc2)cc1. The van der Waals surface area contributed by atoms with E-state index < -0.39 is 0 Å². The quantitative estimate of drug-likeness (QED) is 0.172. The van der Waals surface area contributed by atoms with Crippen LogP contribution in [0.15, 0.2) is 273 Å². The Bertz CT molecular complexity index is 4630. The third kappa shape index (κ3) is 8.29. The molecule has 0 bridgehead atoms. The zero-order valence-electron chi connectivity index (χ0n) is 42.7. The highest BCUT2D eigenvalue weighted by molar-refractivity contribution is 6.21. The number of hydrogen-bond donors (Lipinski definition) is 2. The molecule has 15 rings (SSSR count). The summed E-state index contributed by atoms with van der Waals surface area (Å²) in [5, 5.41) is 12.8. The summed E-state index contributed by atoms with van der Waals surface area (Å²) in [7, 11) is 0. The van der Waals surface area contributed by atoms with Gasteiger partial charge in [-0.25, -0.2) is 0 Å². The van der Waals surface area contributed by atoms with Gasteiger partial charge < -0.3 is 14.5 Å². The van der Waals surface area contributed by atoms with Crippen molar-refractivity contribution in [2.75, 3.05) is 0 Å². The number of rotatable bonds is 5. The molecule has 0 fully saturated rings. The van der Waals surface area contributed by atoms with E-state index in [1.54, 1.807) is 0 Å². The molecule has 0 radical (unpaired) electrons. The molecule has 3 aromatic heterocycles. The highest BCUT2D eigenvalue weighted by Crippen LogP contribution is 2.42. The van der Waals surface area contributed by atoms with Gasteiger partial charge in [-0.1, -0.05) is 207 Å². The molecule has 0 amide bonds. The molecule has 11 aromatic carbocycles. The van der Waals surface area contributed by atoms with Crippen molar-refractivity contribution in [2.24, 2.45) is 0 Å². The van der Waals surface area contributed by atoms with Crippen molar-refractivity contribution in [3.8, 4) is 39.1 Å². The molecule has 362 valence electrons. The van der Waals surface area contributed by atoms with Crippen LogP contribution in [0.2, 0.25) is 0 Å². The summed E-state index contributed by atoms with van der Waals surface area (Å²) >= 11 is 0. The first kappa shape index (κ1) is 46.1. The summed E-state index contributed by atoms with van der Waals surface area (Å²) in [5.41, 5.74) is 19.9. The standard InChI is InChI=1S/C40H26N2.C24H19N.C9H10/c1-2-10-26(11-3-1)27-18-21-29(22-19-27)42-38-17-9-7-14-32(38)35-24-28(20-23-39(35)42)34-25-36-31-13-6-8-16-37(31)41-40(36)33-15-5-4-12-30(33)34;1-15-13-21(19-8-4-3-7-18(19)16(15)2)17-11-12-24-22(14-17)20-9-5-6-10-23(20)25-24;1-2-6-9-7-4-3-5-8-9/h1-25,41H;3-14,25H,1-2H3;2-7H,1,8H2/b;;9-6-. The Labute approximate surface area is 442 Å². The van der Waals surface area contributed by atoms with Crippen LogP contribution in [0.5, 0.6) is 0 Å². The topological polar surface area (TPSA) is 36.5 Å². The third-order valence-corrected chi connectivity index (χ3v) is 15.4. The molecule has 1 aliphatic carbocycles. The first-order chi connectivity index (χ1) is 37.5. The van der Waals surface area contributed by atoms with E-state index in [1.807, 2.05) is 18.2 Å². The highest BCUT2D eigenvalue weighted by Gasteiger charge is 2.17. The van der Waals surface area contributed by atoms with Crippen LogP contribution in [-0.2, 0) is 0 Å². The van der Waals surface area contributed by atoms with Gasteiger partial charge in [0.05, 0.1) is 16.6 Å². The average molecular weight is 974 g/mol. The molecule has 76 heavy (non-hydrogen) atoms. The van der Waals surface area contributed by atoms with Gasteiger partial charge in [0.2, 0.25) is 0 Å². The van der Waals surface area contributed by atoms with Crippen LogP contribution in [0.3, 0.4) is 0 Å². The van der Waals surface area contributed by atoms with Crippen molar-refractivity contribution in [3.05, 3.63) is 284 Å². The van der Waals surface area contributed by atoms with Gasteiger partial charge in [-0.3, -0.25) is 0 Å². The van der Waals surface area contributed by atoms with Crippen molar-refractivity contribution in [1.82, 2.24) is 14.5 Å². The van der Waals surface area contributed by atoms with E-state index in [1.165, 1.54) is 143 Å². The zero-order valence-corrected chi connectivity index (χ0v) is 42.7. The molecule has 3 heterocycles. The number of hydrogen-bond acceptors (Lipinski definition) is 0. The Morgan fingerprint density at radius 3 is 1.67 bits per heavy atom. The second kappa shape index (κ2) is 19.6. The first-order valence-corrected chi connectivity index (χ1v) is 26.3. The van der Waals surface area contributed by atoms with Crippen molar-refractivity contribution in [3.63, 3.8) is 0 Å². The lowest BCUT2D eigenvalue weighted by Crippen LogP contribution is -1.93. The van der Waals surface area contributed by atoms with Gasteiger partial charge in [0.1, 0.15) is 0 Å². The number of aromatic nitrogens is 3. The van der Waals surface area contributed by atoms with Crippen LogP contribution < -0.4 is 0 Å². The van der Waals surface area contributed by atoms with Gasteiger partial charge in [0.15, 0.2) is 0 Å². The van der Waals surface area contributed by atoms with Gasteiger partial charge in [-0.15, -0.1) is 0 Å². The zero-order chi connectivity index (χ0) is 51.1. The molecule has 0 saturated heterocycles. The van der Waals surface area contributed by atoms with E-state index >= 15 is 0 Å². The second-order valence-corrected chi connectivity index (χ2v) is 19.9. The molecule has 14 aromatic rings. The van der Waals surface area contributed by atoms with Crippen molar-refractivity contribution in [1.29, 1.82) is 0 Å². The maximum absolute atomic E-state index is 3.69. The number of nitrogens with one attached hydrogen (secondary N) is 2. The lowest BCUT2D eigenvalue weighted by atomic mass is 9.92. The predicted octanol–water partition coefficient (Wildman–Crippen LogP) is 20.3. The van der Waals surface area contributed by atoms with Gasteiger partial charge in [0, 0.05) is 59.9 Å². The number of benzene rings is 11. The molecule has 1 aliphatic rings. The average Bonchev–Trinajstić information content (AvgIpc) is 4.20. The van der Waals surface area contributed by atoms with E-state index in [4.69, 9.17) is 0 Å². The molecule has 0 aliphatic heterocycles. The molecular weight excluding hydrogens is 919 g/mol. The molecule has 2 N–H and O–H groups in total. The first-order valence-electron chi connectivity index (χ1n) is 26.3. The van der Waals surface area contributed by atoms with Crippen LogP contribution in [-0.4, -0.2) is 14.5 Å².